The summed E-state index contributed by atoms with van der Waals surface area (Å²) in [4.78, 5) is 28.9. The number of thiocarbonyl (C=S) groups is 1. The molecule has 0 aromatic heterocycles. The smallest absolute Gasteiger partial charge is 0.270 e. The van der Waals surface area contributed by atoms with E-state index >= 15 is 0 Å². The Kier molecular flexibility index (Phi) is 5.82. The van der Waals surface area contributed by atoms with Gasteiger partial charge in [0.05, 0.1) is 12.8 Å². The standard InChI is InChI=1S/C21H19ClN2O3S/c1-4-23-19(25)18(12-14-5-10-17(27-3)11-13(14)2)20(26)24(21(23)28)16-8-6-15(22)7-9-16/h5-12H,4H2,1-3H3/b18-12+. The molecule has 0 aliphatic carbocycles. The molecule has 0 unspecified atom stereocenters. The summed E-state index contributed by atoms with van der Waals surface area (Å²) in [5.74, 6) is -0.157. The second-order valence-corrected chi connectivity index (χ2v) is 7.03. The molecule has 3 rings (SSSR count). The Morgan fingerprint density at radius 1 is 1.11 bits per heavy atom. The van der Waals surface area contributed by atoms with Crippen molar-refractivity contribution in [3.8, 4) is 5.75 Å². The van der Waals surface area contributed by atoms with Crippen LogP contribution in [-0.2, 0) is 9.59 Å². The zero-order chi connectivity index (χ0) is 20.4. The van der Waals surface area contributed by atoms with Crippen LogP contribution in [0.2, 0.25) is 5.02 Å². The van der Waals surface area contributed by atoms with Gasteiger partial charge in [-0.1, -0.05) is 17.7 Å². The minimum atomic E-state index is -0.461. The van der Waals surface area contributed by atoms with E-state index in [0.29, 0.717) is 23.0 Å². The van der Waals surface area contributed by atoms with E-state index in [4.69, 9.17) is 28.6 Å². The Labute approximate surface area is 174 Å². The molecule has 7 heteroatoms. The monoisotopic (exact) mass is 414 g/mol. The minimum Gasteiger partial charge on any atom is -0.497 e. The van der Waals surface area contributed by atoms with E-state index in [1.165, 1.54) is 9.80 Å². The van der Waals surface area contributed by atoms with E-state index in [0.717, 1.165) is 11.1 Å². The maximum atomic E-state index is 13.2. The first-order chi connectivity index (χ1) is 13.4. The predicted molar refractivity (Wildman–Crippen MR) is 115 cm³/mol. The van der Waals surface area contributed by atoms with E-state index < -0.39 is 11.8 Å². The molecule has 0 N–H and O–H groups in total. The highest BCUT2D eigenvalue weighted by Crippen LogP contribution is 2.28. The van der Waals surface area contributed by atoms with Crippen LogP contribution >= 0.6 is 23.8 Å². The van der Waals surface area contributed by atoms with Crippen molar-refractivity contribution in [3.05, 3.63) is 64.2 Å². The summed E-state index contributed by atoms with van der Waals surface area (Å²) in [5.41, 5.74) is 2.26. The zero-order valence-corrected chi connectivity index (χ0v) is 17.3. The first-order valence-electron chi connectivity index (χ1n) is 8.69. The van der Waals surface area contributed by atoms with Gasteiger partial charge in [-0.05, 0) is 79.7 Å². The van der Waals surface area contributed by atoms with Gasteiger partial charge in [0.25, 0.3) is 11.8 Å². The number of aryl methyl sites for hydroxylation is 1. The lowest BCUT2D eigenvalue weighted by Crippen LogP contribution is -2.56. The summed E-state index contributed by atoms with van der Waals surface area (Å²) < 4.78 is 5.22. The molecule has 2 aromatic rings. The summed E-state index contributed by atoms with van der Waals surface area (Å²) >= 11 is 11.4. The van der Waals surface area contributed by atoms with Crippen molar-refractivity contribution >= 4 is 52.5 Å². The lowest BCUT2D eigenvalue weighted by atomic mass is 10.0. The molecule has 0 saturated carbocycles. The topological polar surface area (TPSA) is 49.9 Å². The van der Waals surface area contributed by atoms with Crippen molar-refractivity contribution in [1.29, 1.82) is 0 Å². The van der Waals surface area contributed by atoms with Crippen LogP contribution in [0.3, 0.4) is 0 Å². The second kappa shape index (κ2) is 8.12. The van der Waals surface area contributed by atoms with Crippen molar-refractivity contribution < 1.29 is 14.3 Å². The number of anilines is 1. The number of nitrogens with zero attached hydrogens (tertiary/aromatic N) is 2. The quantitative estimate of drug-likeness (QED) is 0.427. The van der Waals surface area contributed by atoms with E-state index in [1.807, 2.05) is 26.0 Å². The molecule has 0 atom stereocenters. The van der Waals surface area contributed by atoms with Crippen LogP contribution in [0, 0.1) is 6.92 Å². The van der Waals surface area contributed by atoms with Gasteiger partial charge >= 0.3 is 0 Å². The molecule has 1 saturated heterocycles. The third-order valence-electron chi connectivity index (χ3n) is 4.51. The van der Waals surface area contributed by atoms with Gasteiger partial charge in [0, 0.05) is 11.6 Å². The van der Waals surface area contributed by atoms with Crippen LogP contribution in [0.4, 0.5) is 5.69 Å². The SMILES string of the molecule is CCN1C(=O)/C(=C\c2ccc(OC)cc2C)C(=O)N(c2ccc(Cl)cc2)C1=S. The highest BCUT2D eigenvalue weighted by atomic mass is 35.5. The summed E-state index contributed by atoms with van der Waals surface area (Å²) in [7, 11) is 1.59. The molecule has 0 bridgehead atoms. The number of methoxy groups -OCH3 is 1. The fraction of sp³-hybridized carbons (Fsp3) is 0.190. The highest BCUT2D eigenvalue weighted by molar-refractivity contribution is 7.80. The Bertz CT molecular complexity index is 986. The molecule has 5 nitrogen and oxygen atoms in total. The second-order valence-electron chi connectivity index (χ2n) is 6.23. The van der Waals surface area contributed by atoms with Crippen molar-refractivity contribution in [2.45, 2.75) is 13.8 Å². The molecule has 1 fully saturated rings. The fourth-order valence-electron chi connectivity index (χ4n) is 2.96. The van der Waals surface area contributed by atoms with Crippen LogP contribution in [0.25, 0.3) is 6.08 Å². The molecular weight excluding hydrogens is 396 g/mol. The average Bonchev–Trinajstić information content (AvgIpc) is 2.68. The van der Waals surface area contributed by atoms with E-state index in [9.17, 15) is 9.59 Å². The number of benzene rings is 2. The minimum absolute atomic E-state index is 0.0543. The molecule has 2 amide bonds. The van der Waals surface area contributed by atoms with Crippen molar-refractivity contribution in [2.24, 2.45) is 0 Å². The van der Waals surface area contributed by atoms with Crippen LogP contribution < -0.4 is 9.64 Å². The largest absolute Gasteiger partial charge is 0.497 e. The molecule has 28 heavy (non-hydrogen) atoms. The van der Waals surface area contributed by atoms with Crippen molar-refractivity contribution in [3.63, 3.8) is 0 Å². The Balaban J connectivity index is 2.09. The first-order valence-corrected chi connectivity index (χ1v) is 9.48. The highest BCUT2D eigenvalue weighted by Gasteiger charge is 2.39. The molecule has 0 radical (unpaired) electrons. The maximum absolute atomic E-state index is 13.2. The summed E-state index contributed by atoms with van der Waals surface area (Å²) in [6.07, 6.45) is 1.60. The van der Waals surface area contributed by atoms with Gasteiger partial charge in [0.1, 0.15) is 11.3 Å². The van der Waals surface area contributed by atoms with Crippen LogP contribution in [0.15, 0.2) is 48.0 Å². The number of rotatable bonds is 4. The number of halogens is 1. The van der Waals surface area contributed by atoms with Gasteiger partial charge in [-0.2, -0.15) is 0 Å². The lowest BCUT2D eigenvalue weighted by Gasteiger charge is -2.36. The fourth-order valence-corrected chi connectivity index (χ4v) is 3.49. The van der Waals surface area contributed by atoms with Crippen molar-refractivity contribution in [1.82, 2.24) is 4.90 Å². The predicted octanol–water partition coefficient (Wildman–Crippen LogP) is 4.22. The van der Waals surface area contributed by atoms with Crippen LogP contribution in [0.5, 0.6) is 5.75 Å². The van der Waals surface area contributed by atoms with Gasteiger partial charge in [0.15, 0.2) is 5.11 Å². The van der Waals surface area contributed by atoms with E-state index in [1.54, 1.807) is 43.5 Å². The van der Waals surface area contributed by atoms with Crippen LogP contribution in [-0.4, -0.2) is 35.5 Å². The summed E-state index contributed by atoms with van der Waals surface area (Å²) in [5, 5.41) is 0.704. The third kappa shape index (κ3) is 3.66. The number of carbonyl (C=O) groups is 2. The molecule has 0 spiro atoms. The average molecular weight is 415 g/mol. The first kappa shape index (κ1) is 20.0. The van der Waals surface area contributed by atoms with Crippen molar-refractivity contribution in [2.75, 3.05) is 18.6 Å². The number of amides is 2. The summed E-state index contributed by atoms with van der Waals surface area (Å²) in [6, 6.07) is 12.2. The van der Waals surface area contributed by atoms with E-state index in [-0.39, 0.29) is 10.7 Å². The molecule has 1 aliphatic heterocycles. The molecule has 1 aliphatic rings. The number of carbonyl (C=O) groups excluding carboxylic acids is 2. The van der Waals surface area contributed by atoms with Gasteiger partial charge in [0.2, 0.25) is 0 Å². The normalized spacial score (nSPS) is 16.1. The third-order valence-corrected chi connectivity index (χ3v) is 5.16. The van der Waals surface area contributed by atoms with Gasteiger partial charge < -0.3 is 4.74 Å². The molecule has 2 aromatic carbocycles. The Morgan fingerprint density at radius 2 is 1.79 bits per heavy atom. The van der Waals surface area contributed by atoms with Gasteiger partial charge in [-0.3, -0.25) is 19.4 Å². The number of hydrogen-bond acceptors (Lipinski definition) is 4. The number of hydrogen-bond donors (Lipinski definition) is 0. The Morgan fingerprint density at radius 3 is 2.36 bits per heavy atom. The van der Waals surface area contributed by atoms with E-state index in [2.05, 4.69) is 0 Å². The summed E-state index contributed by atoms with van der Waals surface area (Å²) in [6.45, 7) is 4.07. The molecular formula is C21H19ClN2O3S. The molecule has 144 valence electrons. The number of ether oxygens (including phenoxy) is 1. The Hall–Kier alpha value is -2.70. The zero-order valence-electron chi connectivity index (χ0n) is 15.7. The lowest BCUT2D eigenvalue weighted by molar-refractivity contribution is -0.127. The molecule has 1 heterocycles. The van der Waals surface area contributed by atoms with Gasteiger partial charge in [-0.15, -0.1) is 0 Å². The van der Waals surface area contributed by atoms with Gasteiger partial charge in [-0.25, -0.2) is 0 Å². The maximum Gasteiger partial charge on any atom is 0.270 e. The van der Waals surface area contributed by atoms with Crippen LogP contribution in [0.1, 0.15) is 18.1 Å². The number of likely N-dealkylation sites (N-methyl/N-ethyl adjacent to an activating group) is 1.